The largest absolute Gasteiger partial charge is 0.494 e. The minimum Gasteiger partial charge on any atom is -0.494 e. The van der Waals surface area contributed by atoms with Crippen LogP contribution in [-0.4, -0.2) is 6.61 Å². The molecule has 0 rings (SSSR count). The lowest BCUT2D eigenvalue weighted by atomic mass is 10.1. The summed E-state index contributed by atoms with van der Waals surface area (Å²) >= 11 is 0. The highest BCUT2D eigenvalue weighted by Crippen LogP contribution is 2.11. The van der Waals surface area contributed by atoms with Gasteiger partial charge >= 0.3 is 0 Å². The normalized spacial score (nSPS) is 10.3. The van der Waals surface area contributed by atoms with E-state index in [2.05, 4.69) is 20.1 Å². The van der Waals surface area contributed by atoms with Gasteiger partial charge in [-0.15, -0.1) is 0 Å². The first-order chi connectivity index (χ1) is 8.81. The summed E-state index contributed by atoms with van der Waals surface area (Å²) in [5.74, 6) is 0.696. The van der Waals surface area contributed by atoms with Crippen LogP contribution in [0.25, 0.3) is 0 Å². The summed E-state index contributed by atoms with van der Waals surface area (Å²) in [6.45, 7) is 10.4. The third-order valence-electron chi connectivity index (χ3n) is 3.26. The highest BCUT2D eigenvalue weighted by molar-refractivity contribution is 5.01. The zero-order valence-corrected chi connectivity index (χ0v) is 12.4. The van der Waals surface area contributed by atoms with Crippen LogP contribution in [0.4, 0.5) is 0 Å². The molecule has 0 aliphatic heterocycles. The van der Waals surface area contributed by atoms with E-state index in [4.69, 9.17) is 4.74 Å². The van der Waals surface area contributed by atoms with E-state index in [1.807, 2.05) is 0 Å². The topological polar surface area (TPSA) is 9.23 Å². The first-order valence-electron chi connectivity index (χ1n) is 7.75. The lowest BCUT2D eigenvalue weighted by Gasteiger charge is -2.05. The summed E-state index contributed by atoms with van der Waals surface area (Å²) in [6.07, 6.45) is 16.7. The lowest BCUT2D eigenvalue weighted by molar-refractivity contribution is 0.218. The summed E-state index contributed by atoms with van der Waals surface area (Å²) in [5, 5.41) is 0. The molecule has 0 aliphatic carbocycles. The van der Waals surface area contributed by atoms with Crippen molar-refractivity contribution >= 4 is 0 Å². The molecule has 0 aromatic carbocycles. The molecule has 1 heteroatoms. The summed E-state index contributed by atoms with van der Waals surface area (Å²) in [4.78, 5) is 0. The van der Waals surface area contributed by atoms with Gasteiger partial charge in [-0.25, -0.2) is 0 Å². The summed E-state index contributed by atoms with van der Waals surface area (Å²) < 4.78 is 5.36. The van der Waals surface area contributed by atoms with Crippen molar-refractivity contribution in [2.24, 2.45) is 0 Å². The van der Waals surface area contributed by atoms with Gasteiger partial charge in [-0.05, 0) is 12.5 Å². The number of rotatable bonds is 14. The van der Waals surface area contributed by atoms with Crippen molar-refractivity contribution in [1.82, 2.24) is 0 Å². The highest BCUT2D eigenvalue weighted by atomic mass is 16.5. The molecule has 18 heavy (non-hydrogen) atoms. The molecule has 106 valence electrons. The van der Waals surface area contributed by atoms with Crippen LogP contribution in [0.15, 0.2) is 25.0 Å². The maximum Gasteiger partial charge on any atom is 0.111 e. The molecule has 0 saturated carbocycles. The predicted molar refractivity (Wildman–Crippen MR) is 81.8 cm³/mol. The fourth-order valence-corrected chi connectivity index (χ4v) is 2.03. The maximum atomic E-state index is 5.36. The number of hydrogen-bond acceptors (Lipinski definition) is 1. The van der Waals surface area contributed by atoms with Gasteiger partial charge in [0, 0.05) is 0 Å². The van der Waals surface area contributed by atoms with Crippen LogP contribution in [0.2, 0.25) is 0 Å². The fourth-order valence-electron chi connectivity index (χ4n) is 2.03. The zero-order valence-electron chi connectivity index (χ0n) is 12.4. The van der Waals surface area contributed by atoms with Crippen LogP contribution < -0.4 is 0 Å². The second-order valence-corrected chi connectivity index (χ2v) is 5.05. The van der Waals surface area contributed by atoms with Crippen LogP contribution in [0.1, 0.15) is 77.6 Å². The molecule has 0 aromatic rings. The van der Waals surface area contributed by atoms with Crippen molar-refractivity contribution in [3.05, 3.63) is 25.0 Å². The molecular formula is C17H32O. The van der Waals surface area contributed by atoms with Gasteiger partial charge in [0.2, 0.25) is 0 Å². The molecule has 0 amide bonds. The predicted octanol–water partition coefficient (Wildman–Crippen LogP) is 6.01. The van der Waals surface area contributed by atoms with E-state index in [0.717, 1.165) is 13.0 Å². The van der Waals surface area contributed by atoms with Crippen LogP contribution in [-0.2, 0) is 4.74 Å². The van der Waals surface area contributed by atoms with Crippen LogP contribution in [0.3, 0.4) is 0 Å². The standard InChI is InChI=1S/C17H32O/c1-4-6-7-8-9-10-11-12-13-14-15-16-18-17(3)5-2/h5H,2-4,6-16H2,1H3. The van der Waals surface area contributed by atoms with Crippen molar-refractivity contribution in [2.45, 2.75) is 77.6 Å². The molecule has 0 atom stereocenters. The number of unbranched alkanes of at least 4 members (excludes halogenated alkanes) is 10. The van der Waals surface area contributed by atoms with Crippen LogP contribution >= 0.6 is 0 Å². The Morgan fingerprint density at radius 3 is 1.72 bits per heavy atom. The molecule has 0 aromatic heterocycles. The van der Waals surface area contributed by atoms with Crippen LogP contribution in [0, 0.1) is 0 Å². The van der Waals surface area contributed by atoms with Crippen molar-refractivity contribution < 1.29 is 4.74 Å². The van der Waals surface area contributed by atoms with Crippen LogP contribution in [0.5, 0.6) is 0 Å². The molecule has 0 aliphatic rings. The molecule has 0 N–H and O–H groups in total. The van der Waals surface area contributed by atoms with Gasteiger partial charge in [-0.1, -0.05) is 84.3 Å². The Labute approximate surface area is 114 Å². The summed E-state index contributed by atoms with van der Waals surface area (Å²) in [6, 6.07) is 0. The minimum absolute atomic E-state index is 0.696. The molecule has 0 radical (unpaired) electrons. The van der Waals surface area contributed by atoms with Gasteiger partial charge < -0.3 is 4.74 Å². The van der Waals surface area contributed by atoms with Gasteiger partial charge in [0.15, 0.2) is 0 Å². The summed E-state index contributed by atoms with van der Waals surface area (Å²) in [7, 11) is 0. The lowest BCUT2D eigenvalue weighted by Crippen LogP contribution is -1.92. The number of ether oxygens (including phenoxy) is 1. The van der Waals surface area contributed by atoms with E-state index < -0.39 is 0 Å². The maximum absolute atomic E-state index is 5.36. The first kappa shape index (κ1) is 17.3. The van der Waals surface area contributed by atoms with E-state index in [9.17, 15) is 0 Å². The number of allylic oxidation sites excluding steroid dienone is 1. The van der Waals surface area contributed by atoms with Gasteiger partial charge in [0.25, 0.3) is 0 Å². The second kappa shape index (κ2) is 14.3. The Morgan fingerprint density at radius 1 is 0.833 bits per heavy atom. The quantitative estimate of drug-likeness (QED) is 0.209. The fraction of sp³-hybridized carbons (Fsp3) is 0.765. The molecule has 0 spiro atoms. The Balaban J connectivity index is 2.98. The number of hydrogen-bond donors (Lipinski definition) is 0. The van der Waals surface area contributed by atoms with E-state index in [-0.39, 0.29) is 0 Å². The summed E-state index contributed by atoms with van der Waals surface area (Å²) in [5.41, 5.74) is 0. The van der Waals surface area contributed by atoms with E-state index in [1.165, 1.54) is 64.2 Å². The highest BCUT2D eigenvalue weighted by Gasteiger charge is 1.93. The van der Waals surface area contributed by atoms with Crippen molar-refractivity contribution in [1.29, 1.82) is 0 Å². The molecule has 0 fully saturated rings. The Morgan fingerprint density at radius 2 is 1.28 bits per heavy atom. The Kier molecular flexibility index (Phi) is 13.8. The minimum atomic E-state index is 0.696. The van der Waals surface area contributed by atoms with Gasteiger partial charge in [0.1, 0.15) is 5.76 Å². The monoisotopic (exact) mass is 252 g/mol. The van der Waals surface area contributed by atoms with E-state index >= 15 is 0 Å². The van der Waals surface area contributed by atoms with Crippen molar-refractivity contribution in [3.63, 3.8) is 0 Å². The first-order valence-corrected chi connectivity index (χ1v) is 7.75. The van der Waals surface area contributed by atoms with Crippen molar-refractivity contribution in [3.8, 4) is 0 Å². The van der Waals surface area contributed by atoms with Gasteiger partial charge in [-0.2, -0.15) is 0 Å². The van der Waals surface area contributed by atoms with Gasteiger partial charge in [-0.3, -0.25) is 0 Å². The third kappa shape index (κ3) is 13.3. The average molecular weight is 252 g/mol. The SMILES string of the molecule is C=CC(=C)OCCCCCCCCCCCCC. The molecule has 0 unspecified atom stereocenters. The molecule has 0 bridgehead atoms. The zero-order chi connectivity index (χ0) is 13.5. The van der Waals surface area contributed by atoms with Gasteiger partial charge in [0.05, 0.1) is 6.61 Å². The van der Waals surface area contributed by atoms with E-state index in [0.29, 0.717) is 5.76 Å². The third-order valence-corrected chi connectivity index (χ3v) is 3.26. The average Bonchev–Trinajstić information content (AvgIpc) is 2.39. The van der Waals surface area contributed by atoms with E-state index in [1.54, 1.807) is 6.08 Å². The Hall–Kier alpha value is -0.720. The smallest absolute Gasteiger partial charge is 0.111 e. The molecule has 1 nitrogen and oxygen atoms in total. The molecular weight excluding hydrogens is 220 g/mol. The molecule has 0 saturated heterocycles. The second-order valence-electron chi connectivity index (χ2n) is 5.05. The molecule has 0 heterocycles. The van der Waals surface area contributed by atoms with Crippen molar-refractivity contribution in [2.75, 3.05) is 6.61 Å². The Bertz CT molecular complexity index is 196.